The molecule has 0 atom stereocenters. The average Bonchev–Trinajstić information content (AvgIpc) is 2.86. The molecule has 0 saturated heterocycles. The number of nitrogens with two attached hydrogens (primary N) is 1. The Morgan fingerprint density at radius 3 is 2.61 bits per heavy atom. The second-order valence-corrected chi connectivity index (χ2v) is 4.52. The molecule has 1 aliphatic rings. The number of aryl methyl sites for hydroxylation is 2. The van der Waals surface area contributed by atoms with Crippen molar-refractivity contribution in [3.05, 3.63) is 35.0 Å². The molecule has 0 spiro atoms. The fourth-order valence-electron chi connectivity index (χ4n) is 2.37. The zero-order valence-corrected chi connectivity index (χ0v) is 9.95. The van der Waals surface area contributed by atoms with Gasteiger partial charge < -0.3 is 10.3 Å². The topological polar surface area (TPSA) is 64.9 Å². The van der Waals surface area contributed by atoms with Crippen LogP contribution in [0.15, 0.2) is 16.7 Å². The average molecular weight is 247 g/mol. The lowest BCUT2D eigenvalue weighted by atomic mass is 9.90. The normalized spacial score (nSPS) is 14.6. The third-order valence-electron chi connectivity index (χ3n) is 3.32. The van der Waals surface area contributed by atoms with E-state index in [1.807, 2.05) is 6.07 Å². The van der Waals surface area contributed by atoms with Crippen molar-refractivity contribution >= 4 is 0 Å². The Bertz CT molecular complexity index is 580. The number of halogens is 1. The van der Waals surface area contributed by atoms with Crippen LogP contribution in [-0.4, -0.2) is 10.1 Å². The molecular weight excluding hydrogens is 233 g/mol. The van der Waals surface area contributed by atoms with E-state index in [-0.39, 0.29) is 18.2 Å². The van der Waals surface area contributed by atoms with Crippen molar-refractivity contribution in [3.63, 3.8) is 0 Å². The first kappa shape index (κ1) is 11.3. The number of hydrogen-bond donors (Lipinski definition) is 1. The van der Waals surface area contributed by atoms with Gasteiger partial charge in [-0.05, 0) is 48.9 Å². The summed E-state index contributed by atoms with van der Waals surface area (Å²) in [4.78, 5) is 4.07. The van der Waals surface area contributed by atoms with Gasteiger partial charge in [-0.1, -0.05) is 5.16 Å². The van der Waals surface area contributed by atoms with Gasteiger partial charge in [-0.3, -0.25) is 0 Å². The van der Waals surface area contributed by atoms with Crippen LogP contribution in [0.1, 0.15) is 29.9 Å². The van der Waals surface area contributed by atoms with E-state index in [9.17, 15) is 4.39 Å². The van der Waals surface area contributed by atoms with Crippen LogP contribution in [0.5, 0.6) is 0 Å². The number of hydrogen-bond acceptors (Lipinski definition) is 4. The quantitative estimate of drug-likeness (QED) is 0.883. The van der Waals surface area contributed by atoms with Crippen LogP contribution in [0.3, 0.4) is 0 Å². The zero-order chi connectivity index (χ0) is 12.5. The molecule has 0 amide bonds. The monoisotopic (exact) mass is 247 g/mol. The van der Waals surface area contributed by atoms with Crippen molar-refractivity contribution < 1.29 is 8.91 Å². The van der Waals surface area contributed by atoms with E-state index in [0.29, 0.717) is 11.5 Å². The van der Waals surface area contributed by atoms with E-state index >= 15 is 0 Å². The summed E-state index contributed by atoms with van der Waals surface area (Å²) in [5, 5.41) is 3.76. The van der Waals surface area contributed by atoms with Crippen LogP contribution >= 0.6 is 0 Å². The summed E-state index contributed by atoms with van der Waals surface area (Å²) in [6.45, 7) is 0.166. The van der Waals surface area contributed by atoms with Crippen molar-refractivity contribution in [1.29, 1.82) is 0 Å². The number of nitrogens with zero attached hydrogens (tertiary/aromatic N) is 2. The Hall–Kier alpha value is -1.75. The van der Waals surface area contributed by atoms with E-state index in [0.717, 1.165) is 31.2 Å². The highest BCUT2D eigenvalue weighted by atomic mass is 19.1. The molecule has 0 fully saturated rings. The van der Waals surface area contributed by atoms with Crippen molar-refractivity contribution in [2.24, 2.45) is 5.73 Å². The van der Waals surface area contributed by atoms with Crippen LogP contribution in [0.2, 0.25) is 0 Å². The third-order valence-corrected chi connectivity index (χ3v) is 3.32. The van der Waals surface area contributed by atoms with Gasteiger partial charge in [-0.2, -0.15) is 4.98 Å². The fraction of sp³-hybridized carbons (Fsp3) is 0.385. The summed E-state index contributed by atoms with van der Waals surface area (Å²) in [6.07, 6.45) is 4.22. The molecule has 3 rings (SSSR count). The minimum atomic E-state index is -0.292. The maximum atomic E-state index is 14.0. The van der Waals surface area contributed by atoms with Crippen molar-refractivity contribution in [2.45, 2.75) is 32.2 Å². The Labute approximate surface area is 104 Å². The molecule has 1 aromatic carbocycles. The molecule has 94 valence electrons. The summed E-state index contributed by atoms with van der Waals surface area (Å²) >= 11 is 0. The van der Waals surface area contributed by atoms with Crippen molar-refractivity contribution in [2.75, 3.05) is 0 Å². The van der Waals surface area contributed by atoms with Gasteiger partial charge in [0.25, 0.3) is 0 Å². The fourth-order valence-corrected chi connectivity index (χ4v) is 2.37. The molecular formula is C13H14FN3O. The van der Waals surface area contributed by atoms with Gasteiger partial charge >= 0.3 is 0 Å². The van der Waals surface area contributed by atoms with Gasteiger partial charge in [0.15, 0.2) is 0 Å². The smallest absolute Gasteiger partial charge is 0.240 e. The molecule has 1 heterocycles. The highest BCUT2D eigenvalue weighted by Crippen LogP contribution is 2.28. The minimum absolute atomic E-state index is 0.166. The first-order chi connectivity index (χ1) is 8.78. The van der Waals surface area contributed by atoms with Crippen LogP contribution < -0.4 is 5.73 Å². The Kier molecular flexibility index (Phi) is 2.83. The maximum absolute atomic E-state index is 14.0. The summed E-state index contributed by atoms with van der Waals surface area (Å²) in [7, 11) is 0. The van der Waals surface area contributed by atoms with E-state index < -0.39 is 0 Å². The largest absolute Gasteiger partial charge is 0.338 e. The predicted molar refractivity (Wildman–Crippen MR) is 64.2 cm³/mol. The van der Waals surface area contributed by atoms with Gasteiger partial charge in [-0.15, -0.1) is 0 Å². The SMILES string of the molecule is NCc1nc(-c2cc3c(cc2F)CCCC3)no1. The number of fused-ring (bicyclic) bond motifs is 1. The van der Waals surface area contributed by atoms with Gasteiger partial charge in [0.2, 0.25) is 11.7 Å². The number of aromatic nitrogens is 2. The van der Waals surface area contributed by atoms with Crippen LogP contribution in [0.4, 0.5) is 4.39 Å². The summed E-state index contributed by atoms with van der Waals surface area (Å²) in [5.41, 5.74) is 8.10. The van der Waals surface area contributed by atoms with Crippen molar-refractivity contribution in [1.82, 2.24) is 10.1 Å². The minimum Gasteiger partial charge on any atom is -0.338 e. The molecule has 1 aromatic heterocycles. The van der Waals surface area contributed by atoms with Gasteiger partial charge in [-0.25, -0.2) is 4.39 Å². The lowest BCUT2D eigenvalue weighted by Crippen LogP contribution is -2.04. The van der Waals surface area contributed by atoms with Gasteiger partial charge in [0.1, 0.15) is 5.82 Å². The first-order valence-corrected chi connectivity index (χ1v) is 6.12. The maximum Gasteiger partial charge on any atom is 0.240 e. The van der Waals surface area contributed by atoms with Gasteiger partial charge in [0, 0.05) is 0 Å². The molecule has 0 radical (unpaired) electrons. The molecule has 0 aliphatic heterocycles. The van der Waals surface area contributed by atoms with E-state index in [1.54, 1.807) is 6.07 Å². The summed E-state index contributed by atoms with van der Waals surface area (Å²) in [6, 6.07) is 3.44. The molecule has 0 saturated carbocycles. The van der Waals surface area contributed by atoms with Crippen LogP contribution in [0.25, 0.3) is 11.4 Å². The Morgan fingerprint density at radius 1 is 1.22 bits per heavy atom. The summed E-state index contributed by atoms with van der Waals surface area (Å²) in [5.74, 6) is 0.309. The van der Waals surface area contributed by atoms with E-state index in [4.69, 9.17) is 10.3 Å². The molecule has 2 N–H and O–H groups in total. The molecule has 18 heavy (non-hydrogen) atoms. The zero-order valence-electron chi connectivity index (χ0n) is 9.95. The molecule has 4 nitrogen and oxygen atoms in total. The van der Waals surface area contributed by atoms with E-state index in [2.05, 4.69) is 10.1 Å². The Balaban J connectivity index is 2.06. The lowest BCUT2D eigenvalue weighted by Gasteiger charge is -2.16. The first-order valence-electron chi connectivity index (χ1n) is 6.12. The number of benzene rings is 1. The standard InChI is InChI=1S/C13H14FN3O/c14-11-6-9-4-2-1-3-8(9)5-10(11)13-16-12(7-15)18-17-13/h5-6H,1-4,7,15H2. The second-order valence-electron chi connectivity index (χ2n) is 4.52. The highest BCUT2D eigenvalue weighted by molar-refractivity contribution is 5.58. The van der Waals surface area contributed by atoms with Gasteiger partial charge in [0.05, 0.1) is 12.1 Å². The predicted octanol–water partition coefficient (Wildman–Crippen LogP) is 2.21. The van der Waals surface area contributed by atoms with E-state index in [1.165, 1.54) is 5.56 Å². The molecule has 2 aromatic rings. The molecule has 1 aliphatic carbocycles. The Morgan fingerprint density at radius 2 is 1.94 bits per heavy atom. The second kappa shape index (κ2) is 4.49. The number of rotatable bonds is 2. The van der Waals surface area contributed by atoms with Crippen molar-refractivity contribution in [3.8, 4) is 11.4 Å². The molecule has 0 bridgehead atoms. The highest BCUT2D eigenvalue weighted by Gasteiger charge is 2.17. The van der Waals surface area contributed by atoms with Crippen LogP contribution in [0, 0.1) is 5.82 Å². The molecule has 5 heteroatoms. The third kappa shape index (κ3) is 1.90. The lowest BCUT2D eigenvalue weighted by molar-refractivity contribution is 0.380. The molecule has 0 unspecified atom stereocenters. The summed E-state index contributed by atoms with van der Waals surface area (Å²) < 4.78 is 18.9. The van der Waals surface area contributed by atoms with Crippen LogP contribution in [-0.2, 0) is 19.4 Å².